The lowest BCUT2D eigenvalue weighted by Gasteiger charge is -1.99. The third-order valence-electron chi connectivity index (χ3n) is 1.78. The summed E-state index contributed by atoms with van der Waals surface area (Å²) >= 11 is 3.38. The van der Waals surface area contributed by atoms with Crippen molar-refractivity contribution in [3.05, 3.63) is 34.6 Å². The van der Waals surface area contributed by atoms with Gasteiger partial charge in [0, 0.05) is 37.1 Å². The van der Waals surface area contributed by atoms with Crippen molar-refractivity contribution in [2.24, 2.45) is 0 Å². The third kappa shape index (κ3) is 5.67. The molecule has 0 aliphatic heterocycles. The van der Waals surface area contributed by atoms with Crippen molar-refractivity contribution in [1.82, 2.24) is 10.3 Å². The summed E-state index contributed by atoms with van der Waals surface area (Å²) in [5.41, 5.74) is 1.10. The van der Waals surface area contributed by atoms with Gasteiger partial charge in [0.25, 0.3) is 0 Å². The third-order valence-corrected chi connectivity index (χ3v) is 2.22. The summed E-state index contributed by atoms with van der Waals surface area (Å²) in [6.07, 6.45) is 7.71. The summed E-state index contributed by atoms with van der Waals surface area (Å²) in [5.74, 6) is 0. The normalized spacial score (nSPS) is 11.1. The number of pyridine rings is 1. The van der Waals surface area contributed by atoms with Gasteiger partial charge in [0.05, 0.1) is 6.61 Å². The van der Waals surface area contributed by atoms with Crippen LogP contribution in [0.1, 0.15) is 5.56 Å². The zero-order valence-corrected chi connectivity index (χ0v) is 10.3. The molecule has 0 atom stereocenters. The molecule has 0 aliphatic rings. The van der Waals surface area contributed by atoms with E-state index < -0.39 is 0 Å². The molecule has 0 radical (unpaired) electrons. The first kappa shape index (κ1) is 12.4. The van der Waals surface area contributed by atoms with E-state index in [2.05, 4.69) is 32.3 Å². The first-order valence-corrected chi connectivity index (χ1v) is 5.59. The minimum atomic E-state index is 0.742. The van der Waals surface area contributed by atoms with Gasteiger partial charge in [-0.1, -0.05) is 12.2 Å². The Hall–Kier alpha value is -0.710. The molecule has 0 bridgehead atoms. The van der Waals surface area contributed by atoms with Crippen molar-refractivity contribution in [2.45, 2.75) is 0 Å². The smallest absolute Gasteiger partial charge is 0.0587 e. The monoisotopic (exact) mass is 270 g/mol. The number of halogens is 1. The summed E-state index contributed by atoms with van der Waals surface area (Å²) in [4.78, 5) is 4.07. The van der Waals surface area contributed by atoms with Crippen LogP contribution in [-0.4, -0.2) is 31.8 Å². The zero-order valence-electron chi connectivity index (χ0n) is 8.74. The van der Waals surface area contributed by atoms with Crippen molar-refractivity contribution in [2.75, 3.05) is 26.8 Å². The van der Waals surface area contributed by atoms with Crippen molar-refractivity contribution in [1.29, 1.82) is 0 Å². The summed E-state index contributed by atoms with van der Waals surface area (Å²) in [5, 5.41) is 3.23. The van der Waals surface area contributed by atoms with Crippen LogP contribution in [0.3, 0.4) is 0 Å². The van der Waals surface area contributed by atoms with E-state index in [9.17, 15) is 0 Å². The quantitative estimate of drug-likeness (QED) is 0.804. The van der Waals surface area contributed by atoms with E-state index in [0.29, 0.717) is 0 Å². The van der Waals surface area contributed by atoms with Crippen LogP contribution >= 0.6 is 15.9 Å². The molecule has 1 aromatic heterocycles. The van der Waals surface area contributed by atoms with Gasteiger partial charge < -0.3 is 10.1 Å². The van der Waals surface area contributed by atoms with Gasteiger partial charge in [0.1, 0.15) is 0 Å². The lowest BCUT2D eigenvalue weighted by Crippen LogP contribution is -2.18. The van der Waals surface area contributed by atoms with Crippen molar-refractivity contribution in [3.8, 4) is 0 Å². The van der Waals surface area contributed by atoms with E-state index >= 15 is 0 Å². The molecule has 0 aliphatic carbocycles. The molecular formula is C11H15BrN2O. The second-order valence-electron chi connectivity index (χ2n) is 3.04. The fourth-order valence-corrected chi connectivity index (χ4v) is 1.46. The van der Waals surface area contributed by atoms with Crippen LogP contribution in [0.5, 0.6) is 0 Å². The van der Waals surface area contributed by atoms with Crippen LogP contribution < -0.4 is 5.32 Å². The number of aromatic nitrogens is 1. The molecule has 1 heterocycles. The highest BCUT2D eigenvalue weighted by Crippen LogP contribution is 2.10. The standard InChI is InChI=1S/C11H15BrN2O/c1-15-6-5-13-4-2-3-10-7-11(12)9-14-8-10/h2-3,7-9,13H,4-6H2,1H3/b3-2+. The molecule has 82 valence electrons. The predicted octanol–water partition coefficient (Wildman–Crippen LogP) is 2.09. The minimum absolute atomic E-state index is 0.742. The van der Waals surface area contributed by atoms with Crippen molar-refractivity contribution in [3.63, 3.8) is 0 Å². The van der Waals surface area contributed by atoms with E-state index in [0.717, 1.165) is 29.7 Å². The number of hydrogen-bond acceptors (Lipinski definition) is 3. The molecule has 0 saturated heterocycles. The molecule has 0 saturated carbocycles. The number of hydrogen-bond donors (Lipinski definition) is 1. The first-order chi connectivity index (χ1) is 7.33. The van der Waals surface area contributed by atoms with Gasteiger partial charge >= 0.3 is 0 Å². The topological polar surface area (TPSA) is 34.1 Å². The Kier molecular flexibility index (Phi) is 6.23. The highest BCUT2D eigenvalue weighted by Gasteiger charge is 1.89. The van der Waals surface area contributed by atoms with Gasteiger partial charge in [0.2, 0.25) is 0 Å². The van der Waals surface area contributed by atoms with Crippen LogP contribution in [0.4, 0.5) is 0 Å². The van der Waals surface area contributed by atoms with Crippen LogP contribution in [0.25, 0.3) is 6.08 Å². The molecule has 15 heavy (non-hydrogen) atoms. The maximum Gasteiger partial charge on any atom is 0.0587 e. The maximum absolute atomic E-state index is 4.92. The predicted molar refractivity (Wildman–Crippen MR) is 65.7 cm³/mol. The Bertz CT molecular complexity index is 315. The molecule has 3 nitrogen and oxygen atoms in total. The molecule has 0 aromatic carbocycles. The number of nitrogens with zero attached hydrogens (tertiary/aromatic N) is 1. The molecule has 4 heteroatoms. The summed E-state index contributed by atoms with van der Waals surface area (Å²) in [6, 6.07) is 2.03. The largest absolute Gasteiger partial charge is 0.383 e. The maximum atomic E-state index is 4.92. The van der Waals surface area contributed by atoms with Gasteiger partial charge in [0.15, 0.2) is 0 Å². The highest BCUT2D eigenvalue weighted by atomic mass is 79.9. The Balaban J connectivity index is 2.26. The average molecular weight is 271 g/mol. The summed E-state index contributed by atoms with van der Waals surface area (Å²) in [6.45, 7) is 2.46. The molecule has 0 spiro atoms. The number of nitrogens with one attached hydrogen (secondary N) is 1. The Morgan fingerprint density at radius 3 is 3.13 bits per heavy atom. The zero-order chi connectivity index (χ0) is 10.9. The Morgan fingerprint density at radius 2 is 2.40 bits per heavy atom. The summed E-state index contributed by atoms with van der Waals surface area (Å²) in [7, 11) is 1.70. The van der Waals surface area contributed by atoms with E-state index in [1.165, 1.54) is 0 Å². The summed E-state index contributed by atoms with van der Waals surface area (Å²) < 4.78 is 5.92. The van der Waals surface area contributed by atoms with E-state index in [4.69, 9.17) is 4.74 Å². The molecule has 1 aromatic rings. The second kappa shape index (κ2) is 7.56. The van der Waals surface area contributed by atoms with Gasteiger partial charge in [-0.15, -0.1) is 0 Å². The molecule has 0 fully saturated rings. The molecular weight excluding hydrogens is 256 g/mol. The van der Waals surface area contributed by atoms with E-state index in [1.54, 1.807) is 13.3 Å². The fourth-order valence-electron chi connectivity index (χ4n) is 1.07. The number of rotatable bonds is 6. The molecule has 0 amide bonds. The van der Waals surface area contributed by atoms with E-state index in [-0.39, 0.29) is 0 Å². The molecule has 1 N–H and O–H groups in total. The van der Waals surface area contributed by atoms with Gasteiger partial charge in [-0.2, -0.15) is 0 Å². The van der Waals surface area contributed by atoms with E-state index in [1.807, 2.05) is 18.3 Å². The SMILES string of the molecule is COCCNC/C=C/c1cncc(Br)c1. The average Bonchev–Trinajstić information content (AvgIpc) is 2.23. The van der Waals surface area contributed by atoms with Crippen LogP contribution in [0, 0.1) is 0 Å². The lowest BCUT2D eigenvalue weighted by atomic mass is 10.2. The fraction of sp³-hybridized carbons (Fsp3) is 0.364. The van der Waals surface area contributed by atoms with Gasteiger partial charge in [-0.3, -0.25) is 4.98 Å². The van der Waals surface area contributed by atoms with Gasteiger partial charge in [-0.25, -0.2) is 0 Å². The van der Waals surface area contributed by atoms with Gasteiger partial charge in [-0.05, 0) is 27.6 Å². The molecule has 1 rings (SSSR count). The number of ether oxygens (including phenoxy) is 1. The second-order valence-corrected chi connectivity index (χ2v) is 3.95. The van der Waals surface area contributed by atoms with Crippen LogP contribution in [-0.2, 0) is 4.74 Å². The Morgan fingerprint density at radius 1 is 1.53 bits per heavy atom. The van der Waals surface area contributed by atoms with Crippen LogP contribution in [0.2, 0.25) is 0 Å². The minimum Gasteiger partial charge on any atom is -0.383 e. The molecule has 0 unspecified atom stereocenters. The highest BCUT2D eigenvalue weighted by molar-refractivity contribution is 9.10. The Labute approximate surface area is 98.7 Å². The van der Waals surface area contributed by atoms with Crippen molar-refractivity contribution < 1.29 is 4.74 Å². The van der Waals surface area contributed by atoms with Crippen LogP contribution in [0.15, 0.2) is 29.0 Å². The lowest BCUT2D eigenvalue weighted by molar-refractivity contribution is 0.200. The van der Waals surface area contributed by atoms with Crippen molar-refractivity contribution >= 4 is 22.0 Å². The number of methoxy groups -OCH3 is 1. The first-order valence-electron chi connectivity index (χ1n) is 4.79.